The van der Waals surface area contributed by atoms with Crippen LogP contribution in [-0.2, 0) is 0 Å². The molecule has 100 valence electrons. The molecular weight excluding hydrogens is 234 g/mol. The lowest BCUT2D eigenvalue weighted by molar-refractivity contribution is 0.306. The minimum absolute atomic E-state index is 0.0114. The standard InChI is InChI=1S/C13H19NO4/c1-3-17-12-7-10(16)8-13(18-4-2)11(12)9-14-5-6-15/h7-9,15-16H,3-6H2,1-2H3/b14-9+. The van der Waals surface area contributed by atoms with Gasteiger partial charge in [-0.2, -0.15) is 0 Å². The SMILES string of the molecule is CCOc1cc(O)cc(OCC)c1/C=N/CCO. The van der Waals surface area contributed by atoms with E-state index in [1.54, 1.807) is 6.21 Å². The second kappa shape index (κ2) is 7.55. The van der Waals surface area contributed by atoms with Crippen LogP contribution in [0, 0.1) is 0 Å². The average Bonchev–Trinajstić information content (AvgIpc) is 2.33. The zero-order valence-electron chi connectivity index (χ0n) is 10.7. The maximum Gasteiger partial charge on any atom is 0.135 e. The maximum absolute atomic E-state index is 9.60. The number of aliphatic hydroxyl groups excluding tert-OH is 1. The summed E-state index contributed by atoms with van der Waals surface area (Å²) in [4.78, 5) is 4.06. The smallest absolute Gasteiger partial charge is 0.135 e. The molecule has 0 bridgehead atoms. The molecule has 0 aliphatic carbocycles. The largest absolute Gasteiger partial charge is 0.508 e. The van der Waals surface area contributed by atoms with E-state index in [1.807, 2.05) is 13.8 Å². The third-order valence-electron chi connectivity index (χ3n) is 2.14. The molecule has 0 amide bonds. The first-order valence-electron chi connectivity index (χ1n) is 5.96. The fraction of sp³-hybridized carbons (Fsp3) is 0.462. The molecule has 0 radical (unpaired) electrons. The highest BCUT2D eigenvalue weighted by atomic mass is 16.5. The van der Waals surface area contributed by atoms with Gasteiger partial charge in [-0.05, 0) is 13.8 Å². The van der Waals surface area contributed by atoms with Crippen LogP contribution in [-0.4, -0.2) is 42.8 Å². The Morgan fingerprint density at radius 2 is 1.72 bits per heavy atom. The van der Waals surface area contributed by atoms with Gasteiger partial charge in [-0.15, -0.1) is 0 Å². The van der Waals surface area contributed by atoms with E-state index in [0.29, 0.717) is 36.8 Å². The Labute approximate surface area is 107 Å². The van der Waals surface area contributed by atoms with Crippen molar-refractivity contribution in [2.24, 2.45) is 4.99 Å². The zero-order chi connectivity index (χ0) is 13.4. The summed E-state index contributed by atoms with van der Waals surface area (Å²) in [5, 5.41) is 18.3. The summed E-state index contributed by atoms with van der Waals surface area (Å²) in [7, 11) is 0. The van der Waals surface area contributed by atoms with Crippen LogP contribution in [0.25, 0.3) is 0 Å². The highest BCUT2D eigenvalue weighted by Gasteiger charge is 2.11. The summed E-state index contributed by atoms with van der Waals surface area (Å²) in [5.74, 6) is 1.12. The second-order valence-electron chi connectivity index (χ2n) is 3.48. The van der Waals surface area contributed by atoms with Crippen LogP contribution >= 0.6 is 0 Å². The van der Waals surface area contributed by atoms with Gasteiger partial charge in [-0.3, -0.25) is 4.99 Å². The van der Waals surface area contributed by atoms with E-state index in [0.717, 1.165) is 0 Å². The molecule has 5 nitrogen and oxygen atoms in total. The third-order valence-corrected chi connectivity index (χ3v) is 2.14. The molecular formula is C13H19NO4. The first-order valence-corrected chi connectivity index (χ1v) is 5.96. The lowest BCUT2D eigenvalue weighted by atomic mass is 10.1. The van der Waals surface area contributed by atoms with Crippen molar-refractivity contribution in [2.75, 3.05) is 26.4 Å². The Kier molecular flexibility index (Phi) is 6.00. The van der Waals surface area contributed by atoms with Crippen molar-refractivity contribution >= 4 is 6.21 Å². The predicted octanol–water partition coefficient (Wildman–Crippen LogP) is 1.60. The van der Waals surface area contributed by atoms with E-state index in [9.17, 15) is 5.11 Å². The van der Waals surface area contributed by atoms with Crippen molar-refractivity contribution < 1.29 is 19.7 Å². The molecule has 0 unspecified atom stereocenters. The molecule has 1 aromatic rings. The van der Waals surface area contributed by atoms with Crippen LogP contribution in [0.1, 0.15) is 19.4 Å². The average molecular weight is 253 g/mol. The summed E-state index contributed by atoms with van der Waals surface area (Å²) in [5.41, 5.74) is 0.671. The van der Waals surface area contributed by atoms with Crippen LogP contribution < -0.4 is 9.47 Å². The number of aromatic hydroxyl groups is 1. The number of phenols is 1. The van der Waals surface area contributed by atoms with E-state index in [4.69, 9.17) is 14.6 Å². The molecule has 18 heavy (non-hydrogen) atoms. The molecule has 1 aromatic carbocycles. The van der Waals surface area contributed by atoms with E-state index in [-0.39, 0.29) is 12.4 Å². The predicted molar refractivity (Wildman–Crippen MR) is 70.0 cm³/mol. The summed E-state index contributed by atoms with van der Waals surface area (Å²) in [6, 6.07) is 3.04. The number of hydrogen-bond acceptors (Lipinski definition) is 5. The van der Waals surface area contributed by atoms with E-state index >= 15 is 0 Å². The Morgan fingerprint density at radius 1 is 1.17 bits per heavy atom. The van der Waals surface area contributed by atoms with Crippen LogP contribution in [0.3, 0.4) is 0 Å². The number of hydrogen-bond donors (Lipinski definition) is 2. The number of ether oxygens (including phenoxy) is 2. The van der Waals surface area contributed by atoms with Gasteiger partial charge in [0, 0.05) is 18.3 Å². The number of aliphatic imine (C=N–C) groups is 1. The topological polar surface area (TPSA) is 71.3 Å². The van der Waals surface area contributed by atoms with Crippen molar-refractivity contribution in [1.82, 2.24) is 0 Å². The fourth-order valence-corrected chi connectivity index (χ4v) is 1.48. The van der Waals surface area contributed by atoms with Gasteiger partial charge in [0.05, 0.1) is 31.9 Å². The van der Waals surface area contributed by atoms with Crippen LogP contribution in [0.4, 0.5) is 0 Å². The minimum Gasteiger partial charge on any atom is -0.508 e. The summed E-state index contributed by atoms with van der Waals surface area (Å²) >= 11 is 0. The Hall–Kier alpha value is -1.75. The quantitative estimate of drug-likeness (QED) is 0.724. The fourth-order valence-electron chi connectivity index (χ4n) is 1.48. The van der Waals surface area contributed by atoms with Crippen molar-refractivity contribution in [3.8, 4) is 17.2 Å². The van der Waals surface area contributed by atoms with Gasteiger partial charge in [-0.25, -0.2) is 0 Å². The van der Waals surface area contributed by atoms with Gasteiger partial charge >= 0.3 is 0 Å². The van der Waals surface area contributed by atoms with Crippen LogP contribution in [0.5, 0.6) is 17.2 Å². The molecule has 0 aliphatic heterocycles. The molecule has 0 fully saturated rings. The van der Waals surface area contributed by atoms with Crippen LogP contribution in [0.2, 0.25) is 0 Å². The van der Waals surface area contributed by atoms with Crippen molar-refractivity contribution in [2.45, 2.75) is 13.8 Å². The normalized spacial score (nSPS) is 10.8. The van der Waals surface area contributed by atoms with E-state index < -0.39 is 0 Å². The molecule has 0 heterocycles. The molecule has 1 rings (SSSR count). The molecule has 0 aliphatic rings. The van der Waals surface area contributed by atoms with Gasteiger partial charge in [0.1, 0.15) is 17.2 Å². The first kappa shape index (κ1) is 14.3. The van der Waals surface area contributed by atoms with Crippen molar-refractivity contribution in [3.05, 3.63) is 17.7 Å². The van der Waals surface area contributed by atoms with Gasteiger partial charge < -0.3 is 19.7 Å². The summed E-state index contributed by atoms with van der Waals surface area (Å²) < 4.78 is 10.9. The summed E-state index contributed by atoms with van der Waals surface area (Å²) in [6.45, 7) is 4.99. The highest BCUT2D eigenvalue weighted by Crippen LogP contribution is 2.32. The Morgan fingerprint density at radius 3 is 2.17 bits per heavy atom. The van der Waals surface area contributed by atoms with Gasteiger partial charge in [0.25, 0.3) is 0 Å². The molecule has 0 aromatic heterocycles. The first-order chi connectivity index (χ1) is 8.72. The van der Waals surface area contributed by atoms with E-state index in [1.165, 1.54) is 12.1 Å². The maximum atomic E-state index is 9.60. The minimum atomic E-state index is -0.0114. The second-order valence-corrected chi connectivity index (χ2v) is 3.48. The number of rotatable bonds is 7. The van der Waals surface area contributed by atoms with Crippen LogP contribution in [0.15, 0.2) is 17.1 Å². The summed E-state index contributed by atoms with van der Waals surface area (Å²) in [6.07, 6.45) is 1.59. The zero-order valence-corrected chi connectivity index (χ0v) is 10.7. The van der Waals surface area contributed by atoms with Gasteiger partial charge in [0.15, 0.2) is 0 Å². The van der Waals surface area contributed by atoms with Gasteiger partial charge in [-0.1, -0.05) is 0 Å². The van der Waals surface area contributed by atoms with Gasteiger partial charge in [0.2, 0.25) is 0 Å². The molecule has 0 spiro atoms. The Balaban J connectivity index is 3.13. The lowest BCUT2D eigenvalue weighted by Gasteiger charge is -2.13. The Bertz CT molecular complexity index is 377. The highest BCUT2D eigenvalue weighted by molar-refractivity contribution is 5.88. The number of benzene rings is 1. The molecule has 0 atom stereocenters. The monoisotopic (exact) mass is 253 g/mol. The molecule has 0 saturated carbocycles. The number of nitrogens with zero attached hydrogens (tertiary/aromatic N) is 1. The molecule has 5 heteroatoms. The van der Waals surface area contributed by atoms with Crippen molar-refractivity contribution in [1.29, 1.82) is 0 Å². The third kappa shape index (κ3) is 3.92. The number of aliphatic hydroxyl groups is 1. The number of phenolic OH excluding ortho intramolecular Hbond substituents is 1. The molecule has 2 N–H and O–H groups in total. The lowest BCUT2D eigenvalue weighted by Crippen LogP contribution is -2.02. The molecule has 0 saturated heterocycles. The van der Waals surface area contributed by atoms with Crippen molar-refractivity contribution in [3.63, 3.8) is 0 Å². The van der Waals surface area contributed by atoms with E-state index in [2.05, 4.69) is 4.99 Å².